The number of rotatable bonds is 4. The van der Waals surface area contributed by atoms with Crippen LogP contribution in [0.2, 0.25) is 0 Å². The molecule has 0 rings (SSSR count). The third-order valence-corrected chi connectivity index (χ3v) is 1.24. The molecule has 5 N–H and O–H groups in total. The summed E-state index contributed by atoms with van der Waals surface area (Å²) in [5.41, 5.74) is -1.46. The minimum Gasteiger partial charge on any atom is -0.390 e. The molecule has 0 unspecified atom stereocenters. The Balaban J connectivity index is 3.79. The highest BCUT2D eigenvalue weighted by atomic mass is 16.5. The summed E-state index contributed by atoms with van der Waals surface area (Å²) < 4.78 is 0. The molecule has 0 aliphatic carbocycles. The van der Waals surface area contributed by atoms with E-state index in [0.717, 1.165) is 0 Å². The van der Waals surface area contributed by atoms with Gasteiger partial charge in [0.05, 0.1) is 5.60 Å². The van der Waals surface area contributed by atoms with Crippen LogP contribution < -0.4 is 0 Å². The van der Waals surface area contributed by atoms with Crippen LogP contribution in [0.4, 0.5) is 0 Å². The molecule has 68 valence electrons. The maximum Gasteiger partial charge on any atom is 0.154 e. The molecule has 0 saturated carbocycles. The van der Waals surface area contributed by atoms with Crippen LogP contribution in [0.5, 0.6) is 0 Å². The van der Waals surface area contributed by atoms with Gasteiger partial charge in [0.25, 0.3) is 0 Å². The van der Waals surface area contributed by atoms with Crippen LogP contribution in [0.1, 0.15) is 19.8 Å². The molecule has 0 aliphatic heterocycles. The van der Waals surface area contributed by atoms with E-state index in [0.29, 0.717) is 0 Å². The lowest BCUT2D eigenvalue weighted by Gasteiger charge is -2.24. The van der Waals surface area contributed by atoms with Crippen molar-refractivity contribution >= 4 is 0 Å². The Hall–Kier alpha value is -0.200. The highest BCUT2D eigenvalue weighted by Gasteiger charge is 2.25. The van der Waals surface area contributed by atoms with Crippen LogP contribution in [0.15, 0.2) is 0 Å². The minimum absolute atomic E-state index is 0.301. The van der Waals surface area contributed by atoms with E-state index in [4.69, 9.17) is 20.4 Å². The number of hydrogen-bond donors (Lipinski definition) is 5. The van der Waals surface area contributed by atoms with E-state index in [1.54, 1.807) is 0 Å². The van der Waals surface area contributed by atoms with Crippen LogP contribution in [0.25, 0.3) is 0 Å². The SMILES string of the molecule is CC(O)(CC(O)O)CC(O)O. The van der Waals surface area contributed by atoms with Gasteiger partial charge in [-0.15, -0.1) is 0 Å². The molecule has 0 aliphatic rings. The van der Waals surface area contributed by atoms with Gasteiger partial charge in [-0.3, -0.25) is 0 Å². The van der Waals surface area contributed by atoms with E-state index < -0.39 is 18.2 Å². The molecule has 11 heavy (non-hydrogen) atoms. The van der Waals surface area contributed by atoms with Crippen LogP contribution in [0, 0.1) is 0 Å². The fourth-order valence-electron chi connectivity index (χ4n) is 0.870. The first-order valence-corrected chi connectivity index (χ1v) is 3.28. The Kier molecular flexibility index (Phi) is 3.91. The number of aliphatic hydroxyl groups excluding tert-OH is 2. The molecule has 0 aromatic rings. The van der Waals surface area contributed by atoms with Gasteiger partial charge in [0, 0.05) is 12.8 Å². The van der Waals surface area contributed by atoms with Gasteiger partial charge in [-0.25, -0.2) is 0 Å². The lowest BCUT2D eigenvalue weighted by atomic mass is 9.98. The highest BCUT2D eigenvalue weighted by molar-refractivity contribution is 4.73. The average Bonchev–Trinajstić information content (AvgIpc) is 1.53. The predicted octanol–water partition coefficient (Wildman–Crippen LogP) is -1.86. The van der Waals surface area contributed by atoms with Gasteiger partial charge in [-0.2, -0.15) is 0 Å². The summed E-state index contributed by atoms with van der Waals surface area (Å²) in [4.78, 5) is 0. The Bertz CT molecular complexity index is 97.5. The lowest BCUT2D eigenvalue weighted by molar-refractivity contribution is -0.136. The first kappa shape index (κ1) is 10.8. The van der Waals surface area contributed by atoms with Gasteiger partial charge >= 0.3 is 0 Å². The van der Waals surface area contributed by atoms with E-state index in [9.17, 15) is 5.11 Å². The van der Waals surface area contributed by atoms with Crippen molar-refractivity contribution in [3.63, 3.8) is 0 Å². The van der Waals surface area contributed by atoms with E-state index in [2.05, 4.69) is 0 Å². The van der Waals surface area contributed by atoms with Crippen molar-refractivity contribution in [1.82, 2.24) is 0 Å². The Labute approximate surface area is 64.5 Å². The van der Waals surface area contributed by atoms with Crippen LogP contribution in [-0.4, -0.2) is 43.7 Å². The number of aliphatic hydroxyl groups is 5. The minimum atomic E-state index is -1.64. The molecule has 0 saturated heterocycles. The predicted molar refractivity (Wildman–Crippen MR) is 36.3 cm³/mol. The zero-order chi connectivity index (χ0) is 9.07. The van der Waals surface area contributed by atoms with Crippen molar-refractivity contribution in [3.8, 4) is 0 Å². The van der Waals surface area contributed by atoms with Crippen molar-refractivity contribution in [2.24, 2.45) is 0 Å². The monoisotopic (exact) mass is 166 g/mol. The van der Waals surface area contributed by atoms with Gasteiger partial charge in [-0.1, -0.05) is 0 Å². The van der Waals surface area contributed by atoms with E-state index in [-0.39, 0.29) is 12.8 Å². The summed E-state index contributed by atoms with van der Waals surface area (Å²) in [5, 5.41) is 42.9. The van der Waals surface area contributed by atoms with Crippen LogP contribution in [-0.2, 0) is 0 Å². The maximum atomic E-state index is 9.22. The molecule has 0 aromatic carbocycles. The van der Waals surface area contributed by atoms with Crippen molar-refractivity contribution < 1.29 is 25.5 Å². The molecule has 5 nitrogen and oxygen atoms in total. The first-order chi connectivity index (χ1) is 4.83. The molecule has 0 atom stereocenters. The standard InChI is InChI=1S/C6H14O5/c1-6(11,2-4(7)8)3-5(9)10/h4-5,7-11H,2-3H2,1H3. The lowest BCUT2D eigenvalue weighted by Crippen LogP contribution is -2.33. The molecule has 0 amide bonds. The molecule has 0 aromatic heterocycles. The second-order valence-corrected chi connectivity index (χ2v) is 2.87. The molecule has 0 fully saturated rings. The van der Waals surface area contributed by atoms with E-state index in [1.165, 1.54) is 6.92 Å². The summed E-state index contributed by atoms with van der Waals surface area (Å²) in [5.74, 6) is 0. The normalized spacial score (nSPS) is 13.1. The fraction of sp³-hybridized carbons (Fsp3) is 1.00. The summed E-state index contributed by atoms with van der Waals surface area (Å²) >= 11 is 0. The smallest absolute Gasteiger partial charge is 0.154 e. The average molecular weight is 166 g/mol. The zero-order valence-corrected chi connectivity index (χ0v) is 6.30. The number of hydrogen-bond acceptors (Lipinski definition) is 5. The van der Waals surface area contributed by atoms with E-state index >= 15 is 0 Å². The second kappa shape index (κ2) is 3.99. The summed E-state index contributed by atoms with van der Waals surface area (Å²) in [7, 11) is 0. The Morgan fingerprint density at radius 1 is 1.00 bits per heavy atom. The molecule has 0 radical (unpaired) electrons. The Morgan fingerprint density at radius 3 is 1.45 bits per heavy atom. The van der Waals surface area contributed by atoms with E-state index in [1.807, 2.05) is 0 Å². The summed E-state index contributed by atoms with van der Waals surface area (Å²) in [6, 6.07) is 0. The van der Waals surface area contributed by atoms with Crippen molar-refractivity contribution in [1.29, 1.82) is 0 Å². The topological polar surface area (TPSA) is 101 Å². The van der Waals surface area contributed by atoms with Gasteiger partial charge in [0.15, 0.2) is 12.6 Å². The maximum absolute atomic E-state index is 9.22. The third kappa shape index (κ3) is 6.21. The molecule has 0 spiro atoms. The van der Waals surface area contributed by atoms with Crippen molar-refractivity contribution in [2.75, 3.05) is 0 Å². The first-order valence-electron chi connectivity index (χ1n) is 3.28. The van der Waals surface area contributed by atoms with Gasteiger partial charge in [0.2, 0.25) is 0 Å². The molecule has 5 heteroatoms. The molecular formula is C6H14O5. The summed E-state index contributed by atoms with van der Waals surface area (Å²) in [6.45, 7) is 1.30. The fourth-order valence-corrected chi connectivity index (χ4v) is 0.870. The largest absolute Gasteiger partial charge is 0.390 e. The zero-order valence-electron chi connectivity index (χ0n) is 6.30. The Morgan fingerprint density at radius 2 is 1.27 bits per heavy atom. The van der Waals surface area contributed by atoms with Gasteiger partial charge in [0.1, 0.15) is 0 Å². The second-order valence-electron chi connectivity index (χ2n) is 2.87. The van der Waals surface area contributed by atoms with Crippen molar-refractivity contribution in [3.05, 3.63) is 0 Å². The van der Waals surface area contributed by atoms with Crippen molar-refractivity contribution in [2.45, 2.75) is 37.9 Å². The van der Waals surface area contributed by atoms with Gasteiger partial charge in [-0.05, 0) is 6.92 Å². The quantitative estimate of drug-likeness (QED) is 0.315. The molecule has 0 bridgehead atoms. The molecular weight excluding hydrogens is 152 g/mol. The summed E-state index contributed by atoms with van der Waals surface area (Å²) in [6.07, 6.45) is -3.87. The highest BCUT2D eigenvalue weighted by Crippen LogP contribution is 2.16. The van der Waals surface area contributed by atoms with Crippen LogP contribution in [0.3, 0.4) is 0 Å². The molecule has 0 heterocycles. The van der Waals surface area contributed by atoms with Crippen LogP contribution >= 0.6 is 0 Å². The van der Waals surface area contributed by atoms with Gasteiger partial charge < -0.3 is 25.5 Å². The third-order valence-electron chi connectivity index (χ3n) is 1.24.